The maximum atomic E-state index is 13.2. The van der Waals surface area contributed by atoms with Crippen LogP contribution in [-0.2, 0) is 17.7 Å². The van der Waals surface area contributed by atoms with E-state index >= 15 is 0 Å². The first-order valence-electron chi connectivity index (χ1n) is 6.35. The van der Waals surface area contributed by atoms with E-state index in [9.17, 15) is 26.3 Å². The third-order valence-corrected chi connectivity index (χ3v) is 3.71. The van der Waals surface area contributed by atoms with Crippen LogP contribution in [-0.4, -0.2) is 4.98 Å². The van der Waals surface area contributed by atoms with Gasteiger partial charge in [0.2, 0.25) is 0 Å². The number of hydrogen-bond donors (Lipinski definition) is 0. The van der Waals surface area contributed by atoms with E-state index < -0.39 is 23.5 Å². The first-order valence-corrected chi connectivity index (χ1v) is 7.47. The Balaban J connectivity index is 2.73. The molecule has 0 amide bonds. The summed E-state index contributed by atoms with van der Waals surface area (Å²) in [4.78, 5) is 4.13. The van der Waals surface area contributed by atoms with E-state index in [2.05, 4.69) is 20.9 Å². The molecule has 2 aromatic rings. The highest BCUT2D eigenvalue weighted by Crippen LogP contribution is 2.41. The maximum absolute atomic E-state index is 13.2. The molecule has 0 bridgehead atoms. The minimum absolute atomic E-state index is 0.132. The number of aryl methyl sites for hydroxylation is 1. The molecule has 1 nitrogen and oxygen atoms in total. The van der Waals surface area contributed by atoms with Gasteiger partial charge in [-0.05, 0) is 30.7 Å². The van der Waals surface area contributed by atoms with Crippen molar-refractivity contribution in [3.8, 4) is 11.1 Å². The van der Waals surface area contributed by atoms with Crippen molar-refractivity contribution < 1.29 is 26.3 Å². The highest BCUT2D eigenvalue weighted by atomic mass is 79.9. The molecule has 0 radical (unpaired) electrons. The monoisotopic (exact) mass is 397 g/mol. The second-order valence-electron chi connectivity index (χ2n) is 4.84. The lowest BCUT2D eigenvalue weighted by molar-refractivity contribution is -0.142. The largest absolute Gasteiger partial charge is 0.417 e. The van der Waals surface area contributed by atoms with Crippen molar-refractivity contribution in [3.63, 3.8) is 0 Å². The van der Waals surface area contributed by atoms with Gasteiger partial charge in [0.05, 0.1) is 16.8 Å². The van der Waals surface area contributed by atoms with E-state index in [0.717, 1.165) is 6.07 Å². The Morgan fingerprint density at radius 1 is 0.913 bits per heavy atom. The third-order valence-electron chi connectivity index (χ3n) is 3.18. The fourth-order valence-corrected chi connectivity index (χ4v) is 2.58. The molecule has 0 aliphatic rings. The zero-order chi connectivity index (χ0) is 17.4. The molecule has 1 heterocycles. The van der Waals surface area contributed by atoms with Crippen molar-refractivity contribution in [2.24, 2.45) is 0 Å². The Morgan fingerprint density at radius 2 is 1.52 bits per heavy atom. The summed E-state index contributed by atoms with van der Waals surface area (Å²) in [5.41, 5.74) is -1.92. The van der Waals surface area contributed by atoms with E-state index in [0.29, 0.717) is 17.5 Å². The minimum Gasteiger partial charge on any atom is -0.257 e. The van der Waals surface area contributed by atoms with Crippen LogP contribution >= 0.6 is 15.9 Å². The van der Waals surface area contributed by atoms with Crippen LogP contribution in [0.1, 0.15) is 22.5 Å². The van der Waals surface area contributed by atoms with Gasteiger partial charge in [0.25, 0.3) is 0 Å². The van der Waals surface area contributed by atoms with Crippen molar-refractivity contribution in [3.05, 3.63) is 52.8 Å². The van der Waals surface area contributed by atoms with E-state index in [1.54, 1.807) is 6.92 Å². The number of halogens is 7. The van der Waals surface area contributed by atoms with Gasteiger partial charge in [-0.1, -0.05) is 28.1 Å². The van der Waals surface area contributed by atoms with Gasteiger partial charge in [0.15, 0.2) is 0 Å². The molecule has 0 saturated carbocycles. The van der Waals surface area contributed by atoms with Crippen molar-refractivity contribution in [2.75, 3.05) is 0 Å². The van der Waals surface area contributed by atoms with Gasteiger partial charge in [-0.3, -0.25) is 4.98 Å². The van der Waals surface area contributed by atoms with Crippen LogP contribution in [0.25, 0.3) is 11.1 Å². The molecule has 124 valence electrons. The van der Waals surface area contributed by atoms with Gasteiger partial charge in [-0.15, -0.1) is 0 Å². The van der Waals surface area contributed by atoms with Crippen LogP contribution in [0, 0.1) is 6.92 Å². The quantitative estimate of drug-likeness (QED) is 0.448. The second kappa shape index (κ2) is 6.14. The highest BCUT2D eigenvalue weighted by molar-refractivity contribution is 9.08. The van der Waals surface area contributed by atoms with Crippen LogP contribution in [0.5, 0.6) is 0 Å². The van der Waals surface area contributed by atoms with Crippen LogP contribution < -0.4 is 0 Å². The first-order chi connectivity index (χ1) is 10.5. The number of hydrogen-bond acceptors (Lipinski definition) is 1. The third kappa shape index (κ3) is 3.85. The number of pyridine rings is 1. The smallest absolute Gasteiger partial charge is 0.257 e. The van der Waals surface area contributed by atoms with Gasteiger partial charge in [0.1, 0.15) is 0 Å². The minimum atomic E-state index is -4.91. The van der Waals surface area contributed by atoms with Crippen molar-refractivity contribution in [1.29, 1.82) is 0 Å². The van der Waals surface area contributed by atoms with E-state index in [4.69, 9.17) is 0 Å². The van der Waals surface area contributed by atoms with Gasteiger partial charge in [0, 0.05) is 16.6 Å². The Bertz CT molecular complexity index is 721. The van der Waals surface area contributed by atoms with Crippen LogP contribution in [0.15, 0.2) is 30.3 Å². The highest BCUT2D eigenvalue weighted by Gasteiger charge is 2.38. The molecule has 0 unspecified atom stereocenters. The van der Waals surface area contributed by atoms with Crippen LogP contribution in [0.4, 0.5) is 26.3 Å². The lowest BCUT2D eigenvalue weighted by atomic mass is 9.95. The summed E-state index contributed by atoms with van der Waals surface area (Å²) in [6.07, 6.45) is -9.76. The SMILES string of the molecule is Cc1ccc(-c2ccc(C(F)(F)F)cc2C(F)(F)F)c(CBr)n1. The summed E-state index contributed by atoms with van der Waals surface area (Å²) in [6, 6.07) is 4.55. The fourth-order valence-electron chi connectivity index (χ4n) is 2.15. The molecule has 0 aliphatic carbocycles. The van der Waals surface area contributed by atoms with E-state index in [1.165, 1.54) is 12.1 Å². The first kappa shape index (κ1) is 17.8. The van der Waals surface area contributed by atoms with Crippen LogP contribution in [0.3, 0.4) is 0 Å². The molecule has 2 rings (SSSR count). The van der Waals surface area contributed by atoms with E-state index in [1.807, 2.05) is 0 Å². The molecule has 8 heteroatoms. The molecule has 23 heavy (non-hydrogen) atoms. The molecular formula is C15H10BrF6N. The Morgan fingerprint density at radius 3 is 2.04 bits per heavy atom. The molecule has 0 aliphatic heterocycles. The summed E-state index contributed by atoms with van der Waals surface area (Å²) in [5, 5.41) is 0.183. The summed E-state index contributed by atoms with van der Waals surface area (Å²) in [6.45, 7) is 1.67. The summed E-state index contributed by atoms with van der Waals surface area (Å²) in [7, 11) is 0. The Labute approximate surface area is 136 Å². The van der Waals surface area contributed by atoms with Gasteiger partial charge in [-0.25, -0.2) is 0 Å². The zero-order valence-corrected chi connectivity index (χ0v) is 13.3. The molecule has 1 aromatic carbocycles. The molecule has 0 N–H and O–H groups in total. The van der Waals surface area contributed by atoms with Crippen molar-refractivity contribution in [1.82, 2.24) is 4.98 Å². The number of nitrogens with zero attached hydrogens (tertiary/aromatic N) is 1. The summed E-state index contributed by atoms with van der Waals surface area (Å²) < 4.78 is 77.8. The number of alkyl halides is 7. The van der Waals surface area contributed by atoms with Crippen molar-refractivity contribution in [2.45, 2.75) is 24.6 Å². The normalized spacial score (nSPS) is 12.5. The lowest BCUT2D eigenvalue weighted by Gasteiger charge is -2.17. The molecular weight excluding hydrogens is 388 g/mol. The fraction of sp³-hybridized carbons (Fsp3) is 0.267. The molecule has 0 saturated heterocycles. The van der Waals surface area contributed by atoms with Gasteiger partial charge < -0.3 is 0 Å². The summed E-state index contributed by atoms with van der Waals surface area (Å²) in [5.74, 6) is 0. The molecule has 0 fully saturated rings. The Hall–Kier alpha value is -1.57. The second-order valence-corrected chi connectivity index (χ2v) is 5.40. The van der Waals surface area contributed by atoms with Gasteiger partial charge in [-0.2, -0.15) is 26.3 Å². The predicted molar refractivity (Wildman–Crippen MR) is 77.0 cm³/mol. The van der Waals surface area contributed by atoms with Gasteiger partial charge >= 0.3 is 12.4 Å². The van der Waals surface area contributed by atoms with Crippen LogP contribution in [0.2, 0.25) is 0 Å². The molecule has 0 spiro atoms. The zero-order valence-electron chi connectivity index (χ0n) is 11.7. The number of benzene rings is 1. The topological polar surface area (TPSA) is 12.9 Å². The Kier molecular flexibility index (Phi) is 4.75. The summed E-state index contributed by atoms with van der Waals surface area (Å²) >= 11 is 3.14. The number of rotatable bonds is 2. The van der Waals surface area contributed by atoms with E-state index in [-0.39, 0.29) is 22.5 Å². The van der Waals surface area contributed by atoms with Crippen molar-refractivity contribution >= 4 is 15.9 Å². The lowest BCUT2D eigenvalue weighted by Crippen LogP contribution is -2.12. The standard InChI is InChI=1S/C15H10BrF6N/c1-8-2-4-11(13(7-16)23-8)10-5-3-9(14(17,18)19)6-12(10)15(20,21)22/h2-6H,7H2,1H3. The molecule has 0 atom stereocenters. The molecule has 1 aromatic heterocycles. The maximum Gasteiger partial charge on any atom is 0.417 e. The average Bonchev–Trinajstić information content (AvgIpc) is 2.44. The average molecular weight is 398 g/mol. The predicted octanol–water partition coefficient (Wildman–Crippen LogP) is 5.99. The number of aromatic nitrogens is 1.